The number of rotatable bonds is 7. The zero-order chi connectivity index (χ0) is 26.0. The fourth-order valence-electron chi connectivity index (χ4n) is 4.17. The second-order valence-electron chi connectivity index (χ2n) is 8.20. The molecule has 0 bridgehead atoms. The van der Waals surface area contributed by atoms with Gasteiger partial charge in [-0.1, -0.05) is 18.2 Å². The first-order valence-corrected chi connectivity index (χ1v) is 11.1. The first-order valence-electron chi connectivity index (χ1n) is 11.1. The maximum atomic E-state index is 13.4. The lowest BCUT2D eigenvalue weighted by Gasteiger charge is -2.33. The molecule has 3 aromatic rings. The third-order valence-corrected chi connectivity index (χ3v) is 5.95. The Hall–Kier alpha value is -4.57. The highest BCUT2D eigenvalue weighted by Crippen LogP contribution is 2.29. The molecule has 0 spiro atoms. The molecule has 2 aromatic carbocycles. The smallest absolute Gasteiger partial charge is 0.338 e. The highest BCUT2D eigenvalue weighted by molar-refractivity contribution is 6.39. The number of amides is 4. The molecule has 0 N–H and O–H groups in total. The summed E-state index contributed by atoms with van der Waals surface area (Å²) in [6, 6.07) is 15.6. The Morgan fingerprint density at radius 1 is 0.944 bits per heavy atom. The van der Waals surface area contributed by atoms with Gasteiger partial charge in [-0.25, -0.2) is 9.69 Å². The highest BCUT2D eigenvalue weighted by Gasteiger charge is 2.42. The minimum Gasteiger partial charge on any atom is -0.383 e. The number of barbiturate groups is 1. The van der Waals surface area contributed by atoms with Crippen molar-refractivity contribution in [1.82, 2.24) is 9.47 Å². The molecule has 36 heavy (non-hydrogen) atoms. The lowest BCUT2D eigenvalue weighted by Crippen LogP contribution is -2.57. The molecule has 0 unspecified atom stereocenters. The summed E-state index contributed by atoms with van der Waals surface area (Å²) in [4.78, 5) is 52.3. The van der Waals surface area contributed by atoms with E-state index in [1.807, 2.05) is 24.5 Å². The van der Waals surface area contributed by atoms with Crippen LogP contribution in [0.1, 0.15) is 17.0 Å². The van der Waals surface area contributed by atoms with Gasteiger partial charge in [0.1, 0.15) is 5.57 Å². The second-order valence-corrected chi connectivity index (χ2v) is 8.20. The molecule has 10 heteroatoms. The number of aryl methyl sites for hydroxylation is 1. The van der Waals surface area contributed by atoms with E-state index < -0.39 is 22.8 Å². The van der Waals surface area contributed by atoms with E-state index in [-0.39, 0.29) is 24.4 Å². The number of urea groups is 1. The van der Waals surface area contributed by atoms with Crippen LogP contribution in [0.2, 0.25) is 0 Å². The van der Waals surface area contributed by atoms with E-state index in [0.29, 0.717) is 16.9 Å². The van der Waals surface area contributed by atoms with Crippen molar-refractivity contribution in [3.8, 4) is 5.69 Å². The van der Waals surface area contributed by atoms with Gasteiger partial charge in [0, 0.05) is 36.3 Å². The Labute approximate surface area is 207 Å². The van der Waals surface area contributed by atoms with E-state index in [1.54, 1.807) is 42.5 Å². The molecule has 1 aliphatic rings. The zero-order valence-corrected chi connectivity index (χ0v) is 20.0. The first-order chi connectivity index (χ1) is 17.2. The predicted molar refractivity (Wildman–Crippen MR) is 133 cm³/mol. The second kappa shape index (κ2) is 9.96. The minimum absolute atomic E-state index is 0.00998. The summed E-state index contributed by atoms with van der Waals surface area (Å²) in [5, 5.41) is 11.0. The summed E-state index contributed by atoms with van der Waals surface area (Å²) < 4.78 is 6.93. The van der Waals surface area contributed by atoms with Gasteiger partial charge in [-0.2, -0.15) is 0 Å². The van der Waals surface area contributed by atoms with Crippen LogP contribution in [0.15, 0.2) is 66.2 Å². The monoisotopic (exact) mass is 488 g/mol. The summed E-state index contributed by atoms with van der Waals surface area (Å²) in [7, 11) is 1.46. The van der Waals surface area contributed by atoms with E-state index in [0.717, 1.165) is 21.2 Å². The Balaban J connectivity index is 1.78. The number of nitro groups is 1. The lowest BCUT2D eigenvalue weighted by molar-refractivity contribution is -0.384. The number of para-hydroxylation sites is 1. The van der Waals surface area contributed by atoms with Crippen molar-refractivity contribution in [3.05, 3.63) is 93.3 Å². The standard InChI is InChI=1S/C26H24N4O6/c1-17-15-19(18(2)28(17)21-9-11-22(12-10-21)30(34)35)16-23-24(31)27(13-14-36-3)26(33)29(25(23)32)20-7-5-4-6-8-20/h4-12,15-16H,13-14H2,1-3H3/b23-16+. The van der Waals surface area contributed by atoms with Gasteiger partial charge in [-0.15, -0.1) is 0 Å². The van der Waals surface area contributed by atoms with Gasteiger partial charge in [0.25, 0.3) is 17.5 Å². The molecule has 1 aromatic heterocycles. The molecular formula is C26H24N4O6. The number of nitro benzene ring substituents is 1. The maximum Gasteiger partial charge on any atom is 0.338 e. The number of non-ortho nitro benzene ring substituents is 1. The van der Waals surface area contributed by atoms with Crippen LogP contribution in [0.3, 0.4) is 0 Å². The zero-order valence-electron chi connectivity index (χ0n) is 20.0. The Morgan fingerprint density at radius 2 is 1.61 bits per heavy atom. The van der Waals surface area contributed by atoms with E-state index in [1.165, 1.54) is 25.3 Å². The van der Waals surface area contributed by atoms with Crippen molar-refractivity contribution in [1.29, 1.82) is 0 Å². The number of hydrogen-bond acceptors (Lipinski definition) is 6. The van der Waals surface area contributed by atoms with Gasteiger partial charge in [0.05, 0.1) is 23.8 Å². The third kappa shape index (κ3) is 4.41. The highest BCUT2D eigenvalue weighted by atomic mass is 16.6. The third-order valence-electron chi connectivity index (χ3n) is 5.95. The molecule has 0 radical (unpaired) electrons. The van der Waals surface area contributed by atoms with Gasteiger partial charge < -0.3 is 9.30 Å². The maximum absolute atomic E-state index is 13.4. The largest absolute Gasteiger partial charge is 0.383 e. The van der Waals surface area contributed by atoms with Crippen molar-refractivity contribution in [2.75, 3.05) is 25.2 Å². The summed E-state index contributed by atoms with van der Waals surface area (Å²) in [6.07, 6.45) is 1.48. The number of methoxy groups -OCH3 is 1. The Bertz CT molecular complexity index is 1380. The Morgan fingerprint density at radius 3 is 2.22 bits per heavy atom. The SMILES string of the molecule is COCCN1C(=O)/C(=C\c2cc(C)n(-c3ccc([N+](=O)[O-])cc3)c2C)C(=O)N(c2ccccc2)C1=O. The van der Waals surface area contributed by atoms with Crippen molar-refractivity contribution >= 4 is 35.3 Å². The van der Waals surface area contributed by atoms with E-state index in [2.05, 4.69) is 0 Å². The van der Waals surface area contributed by atoms with E-state index >= 15 is 0 Å². The molecule has 4 rings (SSSR count). The molecule has 184 valence electrons. The average Bonchev–Trinajstić information content (AvgIpc) is 3.15. The van der Waals surface area contributed by atoms with Crippen molar-refractivity contribution in [2.24, 2.45) is 0 Å². The first kappa shape index (κ1) is 24.6. The molecule has 0 atom stereocenters. The van der Waals surface area contributed by atoms with E-state index in [4.69, 9.17) is 4.74 Å². The van der Waals surface area contributed by atoms with Crippen molar-refractivity contribution < 1.29 is 24.0 Å². The molecule has 10 nitrogen and oxygen atoms in total. The van der Waals surface area contributed by atoms with Crippen LogP contribution < -0.4 is 4.90 Å². The van der Waals surface area contributed by atoms with Crippen LogP contribution >= 0.6 is 0 Å². The summed E-state index contributed by atoms with van der Waals surface area (Å²) in [6.45, 7) is 3.78. The summed E-state index contributed by atoms with van der Waals surface area (Å²) >= 11 is 0. The number of carbonyl (C=O) groups is 3. The number of anilines is 1. The predicted octanol–water partition coefficient (Wildman–Crippen LogP) is 4.03. The van der Waals surface area contributed by atoms with E-state index in [9.17, 15) is 24.5 Å². The minimum atomic E-state index is -0.734. The number of hydrogen-bond donors (Lipinski definition) is 0. The van der Waals surface area contributed by atoms with Gasteiger partial charge >= 0.3 is 6.03 Å². The quantitative estimate of drug-likeness (QED) is 0.215. The van der Waals surface area contributed by atoms with Crippen LogP contribution in [0.5, 0.6) is 0 Å². The number of imide groups is 2. The van der Waals surface area contributed by atoms with Crippen LogP contribution in [0, 0.1) is 24.0 Å². The topological polar surface area (TPSA) is 115 Å². The van der Waals surface area contributed by atoms with Gasteiger partial charge in [0.2, 0.25) is 0 Å². The number of carbonyl (C=O) groups excluding carboxylic acids is 3. The number of aromatic nitrogens is 1. The number of ether oxygens (including phenoxy) is 1. The number of nitrogens with zero attached hydrogens (tertiary/aromatic N) is 4. The van der Waals surface area contributed by atoms with Crippen LogP contribution in [0.25, 0.3) is 11.8 Å². The molecule has 0 aliphatic carbocycles. The molecule has 4 amide bonds. The average molecular weight is 489 g/mol. The fraction of sp³-hybridized carbons (Fsp3) is 0.192. The molecule has 0 saturated carbocycles. The van der Waals surface area contributed by atoms with Crippen LogP contribution in [-0.4, -0.2) is 52.5 Å². The van der Waals surface area contributed by atoms with Gasteiger partial charge in [-0.3, -0.25) is 24.6 Å². The van der Waals surface area contributed by atoms with Crippen LogP contribution in [0.4, 0.5) is 16.2 Å². The van der Waals surface area contributed by atoms with Gasteiger partial charge in [0.15, 0.2) is 0 Å². The lowest BCUT2D eigenvalue weighted by atomic mass is 10.1. The normalized spacial score (nSPS) is 15.2. The van der Waals surface area contributed by atoms with Crippen LogP contribution in [-0.2, 0) is 14.3 Å². The summed E-state index contributed by atoms with van der Waals surface area (Å²) in [5.41, 5.74) is 3.00. The molecule has 1 saturated heterocycles. The Kier molecular flexibility index (Phi) is 6.80. The van der Waals surface area contributed by atoms with Crippen molar-refractivity contribution in [3.63, 3.8) is 0 Å². The number of benzene rings is 2. The molecule has 1 fully saturated rings. The van der Waals surface area contributed by atoms with Crippen molar-refractivity contribution in [2.45, 2.75) is 13.8 Å². The molecular weight excluding hydrogens is 464 g/mol. The fourth-order valence-corrected chi connectivity index (χ4v) is 4.17. The summed E-state index contributed by atoms with van der Waals surface area (Å²) in [5.74, 6) is -1.42. The molecule has 2 heterocycles. The van der Waals surface area contributed by atoms with Gasteiger partial charge in [-0.05, 0) is 55.8 Å². The molecule has 1 aliphatic heterocycles.